The first kappa shape index (κ1) is 15.7. The average molecular weight is 260 g/mol. The first-order valence-corrected chi connectivity index (χ1v) is 5.15. The van der Waals surface area contributed by atoms with Gasteiger partial charge in [-0.05, 0) is 19.9 Å². The topological polar surface area (TPSA) is 61.5 Å². The number of halogens is 1. The predicted molar refractivity (Wildman–Crippen MR) is 68.4 cm³/mol. The van der Waals surface area contributed by atoms with E-state index in [0.29, 0.717) is 11.3 Å². The number of para-hydroxylation sites is 1. The molecule has 0 spiro atoms. The molecule has 0 aromatic heterocycles. The Morgan fingerprint density at radius 1 is 1.29 bits per heavy atom. The maximum Gasteiger partial charge on any atom is 0.327 e. The van der Waals surface area contributed by atoms with Gasteiger partial charge in [0.2, 0.25) is 0 Å². The molecule has 2 N–H and O–H groups in total. The number of methoxy groups -OCH3 is 1. The van der Waals surface area contributed by atoms with Gasteiger partial charge in [-0.15, -0.1) is 12.4 Å². The molecule has 0 aliphatic heterocycles. The van der Waals surface area contributed by atoms with Crippen molar-refractivity contribution in [3.05, 3.63) is 29.8 Å². The molecule has 0 saturated carbocycles. The molecule has 0 aliphatic rings. The van der Waals surface area contributed by atoms with Crippen LogP contribution >= 0.6 is 12.4 Å². The molecule has 4 nitrogen and oxygen atoms in total. The van der Waals surface area contributed by atoms with Crippen molar-refractivity contribution in [2.75, 3.05) is 7.11 Å². The molecule has 0 fully saturated rings. The van der Waals surface area contributed by atoms with E-state index in [1.807, 2.05) is 26.0 Å². The monoisotopic (exact) mass is 259 g/mol. The van der Waals surface area contributed by atoms with Crippen molar-refractivity contribution in [3.63, 3.8) is 0 Å². The number of rotatable bonds is 4. The van der Waals surface area contributed by atoms with E-state index in [2.05, 4.69) is 4.74 Å². The van der Waals surface area contributed by atoms with Gasteiger partial charge in [0.15, 0.2) is 0 Å². The van der Waals surface area contributed by atoms with Crippen molar-refractivity contribution >= 4 is 18.4 Å². The van der Waals surface area contributed by atoms with E-state index >= 15 is 0 Å². The summed E-state index contributed by atoms with van der Waals surface area (Å²) in [5.41, 5.74) is 6.41. The largest absolute Gasteiger partial charge is 0.491 e. The fraction of sp³-hybridized carbons (Fsp3) is 0.417. The lowest BCUT2D eigenvalue weighted by molar-refractivity contribution is -0.142. The zero-order chi connectivity index (χ0) is 12.1. The summed E-state index contributed by atoms with van der Waals surface area (Å²) in [6.07, 6.45) is 0.0333. The molecule has 0 heterocycles. The van der Waals surface area contributed by atoms with Gasteiger partial charge in [0.05, 0.1) is 13.2 Å². The summed E-state index contributed by atoms with van der Waals surface area (Å²) >= 11 is 0. The average Bonchev–Trinajstić information content (AvgIpc) is 2.27. The van der Waals surface area contributed by atoms with Crippen LogP contribution in [0.3, 0.4) is 0 Å². The third-order valence-electron chi connectivity index (χ3n) is 2.07. The number of esters is 1. The van der Waals surface area contributed by atoms with Gasteiger partial charge in [0.25, 0.3) is 0 Å². The molecule has 1 atom stereocenters. The zero-order valence-corrected chi connectivity index (χ0v) is 11.0. The highest BCUT2D eigenvalue weighted by Gasteiger charge is 2.20. The van der Waals surface area contributed by atoms with Gasteiger partial charge in [-0.1, -0.05) is 18.2 Å². The minimum Gasteiger partial charge on any atom is -0.491 e. The Bertz CT molecular complexity index is 369. The summed E-state index contributed by atoms with van der Waals surface area (Å²) in [5.74, 6) is 0.148. The summed E-state index contributed by atoms with van der Waals surface area (Å²) in [4.78, 5) is 11.3. The summed E-state index contributed by atoms with van der Waals surface area (Å²) in [5, 5.41) is 0. The van der Waals surface area contributed by atoms with Crippen LogP contribution in [0.5, 0.6) is 5.75 Å². The third kappa shape index (κ3) is 4.24. The highest BCUT2D eigenvalue weighted by molar-refractivity contribution is 5.85. The molecular formula is C12H18ClNO3. The number of carbonyl (C=O) groups is 1. The van der Waals surface area contributed by atoms with E-state index in [0.717, 1.165) is 0 Å². The molecule has 1 rings (SSSR count). The highest BCUT2D eigenvalue weighted by Crippen LogP contribution is 2.25. The van der Waals surface area contributed by atoms with E-state index in [9.17, 15) is 4.79 Å². The molecule has 1 aromatic rings. The molecule has 0 amide bonds. The van der Waals surface area contributed by atoms with Crippen LogP contribution in [-0.2, 0) is 9.53 Å². The van der Waals surface area contributed by atoms with Crippen molar-refractivity contribution in [3.8, 4) is 5.75 Å². The second-order valence-corrected chi connectivity index (χ2v) is 3.71. The normalized spacial score (nSPS) is 11.6. The van der Waals surface area contributed by atoms with Gasteiger partial charge in [0, 0.05) is 5.56 Å². The summed E-state index contributed by atoms with van der Waals surface area (Å²) < 4.78 is 10.2. The smallest absolute Gasteiger partial charge is 0.327 e. The quantitative estimate of drug-likeness (QED) is 0.841. The van der Waals surface area contributed by atoms with Crippen molar-refractivity contribution in [1.82, 2.24) is 0 Å². The first-order chi connectivity index (χ1) is 7.56. The minimum absolute atomic E-state index is 0. The highest BCUT2D eigenvalue weighted by atomic mass is 35.5. The van der Waals surface area contributed by atoms with Crippen LogP contribution in [-0.4, -0.2) is 19.2 Å². The van der Waals surface area contributed by atoms with Gasteiger partial charge >= 0.3 is 5.97 Å². The van der Waals surface area contributed by atoms with Crippen LogP contribution in [0.1, 0.15) is 25.5 Å². The third-order valence-corrected chi connectivity index (χ3v) is 2.07. The Hall–Kier alpha value is -1.26. The lowest BCUT2D eigenvalue weighted by Gasteiger charge is -2.17. The second kappa shape index (κ2) is 7.14. The van der Waals surface area contributed by atoms with Gasteiger partial charge in [-0.25, -0.2) is 0 Å². The van der Waals surface area contributed by atoms with Gasteiger partial charge < -0.3 is 15.2 Å². The SMILES string of the molecule is COC(=O)[C@@H](N)c1ccccc1OC(C)C.Cl. The van der Waals surface area contributed by atoms with E-state index in [1.165, 1.54) is 7.11 Å². The van der Waals surface area contributed by atoms with Crippen LogP contribution in [0.2, 0.25) is 0 Å². The van der Waals surface area contributed by atoms with Gasteiger partial charge in [0.1, 0.15) is 11.8 Å². The maximum atomic E-state index is 11.3. The second-order valence-electron chi connectivity index (χ2n) is 3.71. The Morgan fingerprint density at radius 2 is 1.88 bits per heavy atom. The molecule has 0 bridgehead atoms. The minimum atomic E-state index is -0.806. The first-order valence-electron chi connectivity index (χ1n) is 5.15. The van der Waals surface area contributed by atoms with E-state index < -0.39 is 12.0 Å². The van der Waals surface area contributed by atoms with E-state index in [-0.39, 0.29) is 18.5 Å². The Balaban J connectivity index is 0.00000256. The predicted octanol–water partition coefficient (Wildman–Crippen LogP) is 2.07. The molecule has 0 radical (unpaired) electrons. The van der Waals surface area contributed by atoms with Crippen molar-refractivity contribution in [1.29, 1.82) is 0 Å². The van der Waals surface area contributed by atoms with Gasteiger partial charge in [-0.2, -0.15) is 0 Å². The maximum absolute atomic E-state index is 11.3. The van der Waals surface area contributed by atoms with E-state index in [1.54, 1.807) is 12.1 Å². The number of ether oxygens (including phenoxy) is 2. The van der Waals surface area contributed by atoms with Crippen LogP contribution in [0.4, 0.5) is 0 Å². The molecule has 0 saturated heterocycles. The lowest BCUT2D eigenvalue weighted by Crippen LogP contribution is -2.23. The van der Waals surface area contributed by atoms with E-state index in [4.69, 9.17) is 10.5 Å². The Kier molecular flexibility index (Phi) is 6.61. The standard InChI is InChI=1S/C12H17NO3.ClH/c1-8(2)16-10-7-5-4-6-9(10)11(13)12(14)15-3;/h4-8,11H,13H2,1-3H3;1H/t11-;/m0./s1. The number of carbonyl (C=O) groups excluding carboxylic acids is 1. The molecule has 0 aliphatic carbocycles. The van der Waals surface area contributed by atoms with Crippen molar-refractivity contribution in [2.24, 2.45) is 5.73 Å². The zero-order valence-electron chi connectivity index (χ0n) is 10.2. The lowest BCUT2D eigenvalue weighted by atomic mass is 10.1. The number of nitrogens with two attached hydrogens (primary N) is 1. The molecule has 1 aromatic carbocycles. The molecule has 96 valence electrons. The number of hydrogen-bond acceptors (Lipinski definition) is 4. The Labute approximate surface area is 108 Å². The summed E-state index contributed by atoms with van der Waals surface area (Å²) in [7, 11) is 1.31. The van der Waals surface area contributed by atoms with Crippen LogP contribution < -0.4 is 10.5 Å². The number of benzene rings is 1. The molecular weight excluding hydrogens is 242 g/mol. The summed E-state index contributed by atoms with van der Waals surface area (Å²) in [6.45, 7) is 3.83. The number of hydrogen-bond donors (Lipinski definition) is 1. The molecule has 0 unspecified atom stereocenters. The fourth-order valence-corrected chi connectivity index (χ4v) is 1.35. The van der Waals surface area contributed by atoms with Crippen LogP contribution in [0.25, 0.3) is 0 Å². The van der Waals surface area contributed by atoms with Crippen molar-refractivity contribution < 1.29 is 14.3 Å². The Morgan fingerprint density at radius 3 is 2.41 bits per heavy atom. The van der Waals surface area contributed by atoms with Crippen LogP contribution in [0.15, 0.2) is 24.3 Å². The molecule has 5 heteroatoms. The molecule has 17 heavy (non-hydrogen) atoms. The fourth-order valence-electron chi connectivity index (χ4n) is 1.35. The van der Waals surface area contributed by atoms with Crippen molar-refractivity contribution in [2.45, 2.75) is 26.0 Å². The van der Waals surface area contributed by atoms with Crippen LogP contribution in [0, 0.1) is 0 Å². The van der Waals surface area contributed by atoms with Gasteiger partial charge in [-0.3, -0.25) is 4.79 Å². The summed E-state index contributed by atoms with van der Waals surface area (Å²) in [6, 6.07) is 6.40.